The molecule has 0 aliphatic carbocycles. The van der Waals surface area contributed by atoms with Crippen LogP contribution >= 0.6 is 11.6 Å². The molecule has 1 aromatic carbocycles. The average Bonchev–Trinajstić information content (AvgIpc) is 3.28. The van der Waals surface area contributed by atoms with Crippen LogP contribution in [0.5, 0.6) is 11.5 Å². The number of benzene rings is 1. The first-order valence-electron chi connectivity index (χ1n) is 11.3. The predicted molar refractivity (Wildman–Crippen MR) is 139 cm³/mol. The fourth-order valence-electron chi connectivity index (χ4n) is 3.72. The molecule has 0 radical (unpaired) electrons. The Balaban J connectivity index is 1.77. The summed E-state index contributed by atoms with van der Waals surface area (Å²) in [6, 6.07) is 8.95. The molecule has 0 aliphatic rings. The van der Waals surface area contributed by atoms with E-state index in [9.17, 15) is 8.42 Å². The summed E-state index contributed by atoms with van der Waals surface area (Å²) >= 11 is 5.88. The van der Waals surface area contributed by atoms with E-state index < -0.39 is 21.2 Å². The third-order valence-electron chi connectivity index (χ3n) is 5.94. The number of rotatable bonds is 10. The van der Waals surface area contributed by atoms with Crippen LogP contribution in [0.3, 0.4) is 0 Å². The molecule has 0 saturated carbocycles. The molecule has 194 valence electrons. The number of para-hydroxylation sites is 1. The molecule has 4 rings (SSSR count). The topological polar surface area (TPSA) is 134 Å². The molecule has 0 amide bonds. The number of anilines is 1. The highest BCUT2D eigenvalue weighted by molar-refractivity contribution is 7.93. The monoisotopic (exact) mass is 543 g/mol. The van der Waals surface area contributed by atoms with Crippen molar-refractivity contribution >= 4 is 27.6 Å². The van der Waals surface area contributed by atoms with Gasteiger partial charge < -0.3 is 9.47 Å². The maximum atomic E-state index is 13.5. The fraction of sp³-hybridized carbons (Fsp3) is 0.292. The number of aromatic nitrogens is 6. The Kier molecular flexibility index (Phi) is 7.89. The summed E-state index contributed by atoms with van der Waals surface area (Å²) in [4.78, 5) is 12.4. The Morgan fingerprint density at radius 3 is 2.22 bits per heavy atom. The standard InChI is InChI=1S/C24H26ClN7O4S/c1-15(23-27-13-18(25)14-28-23)16(2)37(33,34)31-24-30-29-21(12-17-8-10-26-11-9-17)32(24)22-19(35-3)6-5-7-20(22)36-4/h5-11,13-16H,12H2,1-4H3,(H,30,31). The van der Waals surface area contributed by atoms with Crippen molar-refractivity contribution in [3.8, 4) is 17.2 Å². The van der Waals surface area contributed by atoms with E-state index in [1.165, 1.54) is 26.6 Å². The van der Waals surface area contributed by atoms with Crippen LogP contribution in [0.2, 0.25) is 5.02 Å². The van der Waals surface area contributed by atoms with Crippen LogP contribution < -0.4 is 14.2 Å². The van der Waals surface area contributed by atoms with Crippen molar-refractivity contribution in [1.29, 1.82) is 0 Å². The minimum Gasteiger partial charge on any atom is -0.494 e. The summed E-state index contributed by atoms with van der Waals surface area (Å²) in [5.41, 5.74) is 1.37. The molecule has 4 aromatic rings. The molecular weight excluding hydrogens is 518 g/mol. The van der Waals surface area contributed by atoms with Gasteiger partial charge in [0.1, 0.15) is 28.8 Å². The maximum Gasteiger partial charge on any atom is 0.243 e. The number of hydrogen-bond donors (Lipinski definition) is 1. The lowest BCUT2D eigenvalue weighted by molar-refractivity contribution is 0.391. The molecule has 3 aromatic heterocycles. The van der Waals surface area contributed by atoms with E-state index in [2.05, 4.69) is 29.9 Å². The maximum absolute atomic E-state index is 13.5. The number of nitrogens with one attached hydrogen (secondary N) is 1. The zero-order valence-electron chi connectivity index (χ0n) is 20.7. The van der Waals surface area contributed by atoms with E-state index >= 15 is 0 Å². The molecule has 2 atom stereocenters. The van der Waals surface area contributed by atoms with Crippen LogP contribution in [-0.4, -0.2) is 57.6 Å². The second-order valence-electron chi connectivity index (χ2n) is 8.22. The first kappa shape index (κ1) is 26.3. The Bertz CT molecular complexity index is 1440. The number of halogens is 1. The summed E-state index contributed by atoms with van der Waals surface area (Å²) in [5.74, 6) is 1.17. The van der Waals surface area contributed by atoms with Gasteiger partial charge in [0.15, 0.2) is 0 Å². The van der Waals surface area contributed by atoms with Crippen molar-refractivity contribution in [2.45, 2.75) is 31.4 Å². The summed E-state index contributed by atoms with van der Waals surface area (Å²) in [7, 11) is -0.940. The van der Waals surface area contributed by atoms with Gasteiger partial charge in [0.25, 0.3) is 0 Å². The smallest absolute Gasteiger partial charge is 0.243 e. The Morgan fingerprint density at radius 2 is 1.62 bits per heavy atom. The van der Waals surface area contributed by atoms with Crippen LogP contribution in [0.4, 0.5) is 5.95 Å². The molecular formula is C24H26ClN7O4S. The minimum absolute atomic E-state index is 0.0112. The Labute approximate surface area is 219 Å². The summed E-state index contributed by atoms with van der Waals surface area (Å²) in [6.07, 6.45) is 6.56. The van der Waals surface area contributed by atoms with E-state index in [0.29, 0.717) is 40.3 Å². The normalized spacial score (nSPS) is 13.1. The van der Waals surface area contributed by atoms with Crippen molar-refractivity contribution in [2.24, 2.45) is 0 Å². The van der Waals surface area contributed by atoms with Crippen molar-refractivity contribution in [3.63, 3.8) is 0 Å². The zero-order valence-corrected chi connectivity index (χ0v) is 22.2. The molecule has 0 aliphatic heterocycles. The van der Waals surface area contributed by atoms with Gasteiger partial charge >= 0.3 is 0 Å². The largest absolute Gasteiger partial charge is 0.494 e. The van der Waals surface area contributed by atoms with Gasteiger partial charge in [-0.25, -0.2) is 18.4 Å². The lowest BCUT2D eigenvalue weighted by atomic mass is 10.1. The van der Waals surface area contributed by atoms with Crippen LogP contribution in [-0.2, 0) is 16.4 Å². The third-order valence-corrected chi connectivity index (χ3v) is 7.99. The molecule has 13 heteroatoms. The van der Waals surface area contributed by atoms with Gasteiger partial charge in [-0.05, 0) is 36.8 Å². The molecule has 3 heterocycles. The van der Waals surface area contributed by atoms with Gasteiger partial charge in [0.05, 0.1) is 24.5 Å². The molecule has 37 heavy (non-hydrogen) atoms. The van der Waals surface area contributed by atoms with Crippen molar-refractivity contribution < 1.29 is 17.9 Å². The second kappa shape index (κ2) is 11.1. The highest BCUT2D eigenvalue weighted by Crippen LogP contribution is 2.36. The molecule has 0 spiro atoms. The fourth-order valence-corrected chi connectivity index (χ4v) is 5.05. The predicted octanol–water partition coefficient (Wildman–Crippen LogP) is 3.65. The van der Waals surface area contributed by atoms with Crippen molar-refractivity contribution in [2.75, 3.05) is 18.9 Å². The molecule has 0 bridgehead atoms. The summed E-state index contributed by atoms with van der Waals surface area (Å²) < 4.78 is 42.4. The highest BCUT2D eigenvalue weighted by atomic mass is 35.5. The second-order valence-corrected chi connectivity index (χ2v) is 10.7. The molecule has 11 nitrogen and oxygen atoms in total. The summed E-state index contributed by atoms with van der Waals surface area (Å²) in [6.45, 7) is 3.31. The van der Waals surface area contributed by atoms with E-state index in [0.717, 1.165) is 5.56 Å². The Hall–Kier alpha value is -3.77. The number of ether oxygens (including phenoxy) is 2. The lowest BCUT2D eigenvalue weighted by Crippen LogP contribution is -2.31. The van der Waals surface area contributed by atoms with Crippen molar-refractivity contribution in [1.82, 2.24) is 29.7 Å². The van der Waals surface area contributed by atoms with Gasteiger partial charge in [-0.1, -0.05) is 24.6 Å². The Morgan fingerprint density at radius 1 is 1.00 bits per heavy atom. The van der Waals surface area contributed by atoms with Crippen molar-refractivity contribution in [3.05, 3.63) is 77.4 Å². The van der Waals surface area contributed by atoms with Gasteiger partial charge in [-0.2, -0.15) is 0 Å². The lowest BCUT2D eigenvalue weighted by Gasteiger charge is -2.21. The van der Waals surface area contributed by atoms with Crippen LogP contribution in [0.15, 0.2) is 55.1 Å². The van der Waals surface area contributed by atoms with E-state index in [1.54, 1.807) is 49.0 Å². The SMILES string of the molecule is COc1cccc(OC)c1-n1c(Cc2ccncc2)nnc1NS(=O)(=O)C(C)C(C)c1ncc(Cl)cn1. The quantitative estimate of drug-likeness (QED) is 0.318. The van der Waals surface area contributed by atoms with E-state index in [4.69, 9.17) is 21.1 Å². The molecule has 0 fully saturated rings. The van der Waals surface area contributed by atoms with E-state index in [1.807, 2.05) is 12.1 Å². The number of methoxy groups -OCH3 is 2. The number of nitrogens with zero attached hydrogens (tertiary/aromatic N) is 6. The minimum atomic E-state index is -3.98. The number of pyridine rings is 1. The molecule has 1 N–H and O–H groups in total. The number of hydrogen-bond acceptors (Lipinski definition) is 9. The van der Waals surface area contributed by atoms with E-state index in [-0.39, 0.29) is 5.95 Å². The van der Waals surface area contributed by atoms with Gasteiger partial charge in [0, 0.05) is 37.1 Å². The number of sulfonamides is 1. The summed E-state index contributed by atoms with van der Waals surface area (Å²) in [5, 5.41) is 7.96. The average molecular weight is 544 g/mol. The van der Waals surface area contributed by atoms with Crippen LogP contribution in [0.1, 0.15) is 37.0 Å². The van der Waals surface area contributed by atoms with Crippen LogP contribution in [0, 0.1) is 0 Å². The molecule has 0 saturated heterocycles. The van der Waals surface area contributed by atoms with Gasteiger partial charge in [0.2, 0.25) is 16.0 Å². The molecule has 2 unspecified atom stereocenters. The van der Waals surface area contributed by atoms with Crippen LogP contribution in [0.25, 0.3) is 5.69 Å². The first-order chi connectivity index (χ1) is 17.7. The highest BCUT2D eigenvalue weighted by Gasteiger charge is 2.32. The first-order valence-corrected chi connectivity index (χ1v) is 13.2. The third kappa shape index (κ3) is 5.65. The van der Waals surface area contributed by atoms with Gasteiger partial charge in [-0.3, -0.25) is 14.3 Å². The zero-order chi connectivity index (χ0) is 26.6. The van der Waals surface area contributed by atoms with Gasteiger partial charge in [-0.15, -0.1) is 10.2 Å².